The third-order valence-electron chi connectivity index (χ3n) is 1.86. The van der Waals surface area contributed by atoms with Gasteiger partial charge in [-0.05, 0) is 30.5 Å². The first-order valence-electron chi connectivity index (χ1n) is 4.22. The van der Waals surface area contributed by atoms with E-state index >= 15 is 0 Å². The fourth-order valence-corrected chi connectivity index (χ4v) is 2.22. The number of halogens is 2. The SMILES string of the molecule is CCNC(c1sccc1C)C(F)F. The summed E-state index contributed by atoms with van der Waals surface area (Å²) in [6.07, 6.45) is -2.34. The standard InChI is InChI=1S/C9H13F2NS/c1-3-12-7(9(10)11)8-6(2)4-5-13-8/h4-5,7,9,12H,3H2,1-2H3. The van der Waals surface area contributed by atoms with Crippen molar-refractivity contribution in [2.24, 2.45) is 0 Å². The summed E-state index contributed by atoms with van der Waals surface area (Å²) in [7, 11) is 0. The highest BCUT2D eigenvalue weighted by molar-refractivity contribution is 7.10. The van der Waals surface area contributed by atoms with Gasteiger partial charge in [0.15, 0.2) is 0 Å². The van der Waals surface area contributed by atoms with Crippen LogP contribution in [-0.4, -0.2) is 13.0 Å². The summed E-state index contributed by atoms with van der Waals surface area (Å²) in [4.78, 5) is 0.747. The Labute approximate surface area is 80.8 Å². The van der Waals surface area contributed by atoms with E-state index in [0.717, 1.165) is 10.4 Å². The Hall–Kier alpha value is -0.480. The van der Waals surface area contributed by atoms with Crippen LogP contribution in [0.1, 0.15) is 23.4 Å². The summed E-state index contributed by atoms with van der Waals surface area (Å²) < 4.78 is 25.1. The molecule has 0 aliphatic rings. The highest BCUT2D eigenvalue weighted by Gasteiger charge is 2.23. The van der Waals surface area contributed by atoms with E-state index in [0.29, 0.717) is 6.54 Å². The minimum absolute atomic E-state index is 0.562. The number of hydrogen-bond donors (Lipinski definition) is 1. The van der Waals surface area contributed by atoms with Crippen molar-refractivity contribution >= 4 is 11.3 Å². The molecule has 1 nitrogen and oxygen atoms in total. The van der Waals surface area contributed by atoms with Crippen LogP contribution >= 0.6 is 11.3 Å². The first-order valence-corrected chi connectivity index (χ1v) is 5.10. The van der Waals surface area contributed by atoms with Gasteiger partial charge >= 0.3 is 0 Å². The topological polar surface area (TPSA) is 12.0 Å². The molecule has 0 spiro atoms. The average molecular weight is 205 g/mol. The summed E-state index contributed by atoms with van der Waals surface area (Å²) in [6, 6.07) is 1.07. The summed E-state index contributed by atoms with van der Waals surface area (Å²) in [5.74, 6) is 0. The Balaban J connectivity index is 2.82. The van der Waals surface area contributed by atoms with E-state index in [9.17, 15) is 8.78 Å². The third kappa shape index (κ3) is 2.48. The second-order valence-electron chi connectivity index (χ2n) is 2.84. The molecule has 13 heavy (non-hydrogen) atoms. The first-order chi connectivity index (χ1) is 6.16. The first kappa shape index (κ1) is 10.6. The van der Waals surface area contributed by atoms with Crippen molar-refractivity contribution in [1.29, 1.82) is 0 Å². The van der Waals surface area contributed by atoms with Gasteiger partial charge < -0.3 is 5.32 Å². The highest BCUT2D eigenvalue weighted by Crippen LogP contribution is 2.28. The van der Waals surface area contributed by atoms with Crippen molar-refractivity contribution in [3.05, 3.63) is 21.9 Å². The predicted octanol–water partition coefficient (Wildman–Crippen LogP) is 2.97. The van der Waals surface area contributed by atoms with Crippen LogP contribution in [0, 0.1) is 6.92 Å². The fourth-order valence-electron chi connectivity index (χ4n) is 1.22. The van der Waals surface area contributed by atoms with Gasteiger partial charge in [0.1, 0.15) is 6.04 Å². The molecular formula is C9H13F2NS. The molecule has 74 valence electrons. The summed E-state index contributed by atoms with van der Waals surface area (Å²) >= 11 is 1.38. The van der Waals surface area contributed by atoms with Crippen molar-refractivity contribution in [3.8, 4) is 0 Å². The Morgan fingerprint density at radius 2 is 2.23 bits per heavy atom. The zero-order chi connectivity index (χ0) is 9.84. The lowest BCUT2D eigenvalue weighted by atomic mass is 10.2. The lowest BCUT2D eigenvalue weighted by Crippen LogP contribution is -2.26. The number of hydrogen-bond acceptors (Lipinski definition) is 2. The van der Waals surface area contributed by atoms with Gasteiger partial charge in [0.2, 0.25) is 0 Å². The van der Waals surface area contributed by atoms with Crippen LogP contribution in [0.5, 0.6) is 0 Å². The van der Waals surface area contributed by atoms with E-state index in [1.165, 1.54) is 11.3 Å². The summed E-state index contributed by atoms with van der Waals surface area (Å²) in [6.45, 7) is 4.25. The van der Waals surface area contributed by atoms with Crippen molar-refractivity contribution in [2.75, 3.05) is 6.54 Å². The minimum Gasteiger partial charge on any atom is -0.305 e. The van der Waals surface area contributed by atoms with Gasteiger partial charge in [-0.1, -0.05) is 6.92 Å². The van der Waals surface area contributed by atoms with E-state index < -0.39 is 12.5 Å². The smallest absolute Gasteiger partial charge is 0.258 e. The van der Waals surface area contributed by atoms with E-state index in [2.05, 4.69) is 5.32 Å². The molecule has 0 aliphatic carbocycles. The maximum Gasteiger partial charge on any atom is 0.258 e. The molecule has 1 aromatic rings. The zero-order valence-electron chi connectivity index (χ0n) is 7.68. The maximum atomic E-state index is 12.6. The lowest BCUT2D eigenvalue weighted by Gasteiger charge is -2.16. The van der Waals surface area contributed by atoms with Crippen LogP contribution in [0.4, 0.5) is 8.78 Å². The molecule has 0 amide bonds. The molecule has 0 radical (unpaired) electrons. The van der Waals surface area contributed by atoms with Gasteiger partial charge in [0.05, 0.1) is 0 Å². The minimum atomic E-state index is -2.34. The van der Waals surface area contributed by atoms with Crippen LogP contribution in [0.3, 0.4) is 0 Å². The predicted molar refractivity (Wildman–Crippen MR) is 51.5 cm³/mol. The molecule has 0 bridgehead atoms. The number of aryl methyl sites for hydroxylation is 1. The van der Waals surface area contributed by atoms with Gasteiger partial charge in [0.25, 0.3) is 6.43 Å². The van der Waals surface area contributed by atoms with Gasteiger partial charge in [0, 0.05) is 4.88 Å². The Bertz CT molecular complexity index is 260. The number of nitrogens with one attached hydrogen (secondary N) is 1. The molecule has 1 N–H and O–H groups in total. The average Bonchev–Trinajstić information content (AvgIpc) is 2.47. The molecule has 0 aliphatic heterocycles. The van der Waals surface area contributed by atoms with Crippen molar-refractivity contribution < 1.29 is 8.78 Å². The monoisotopic (exact) mass is 205 g/mol. The number of rotatable bonds is 4. The molecule has 0 saturated heterocycles. The second kappa shape index (κ2) is 4.67. The fraction of sp³-hybridized carbons (Fsp3) is 0.556. The van der Waals surface area contributed by atoms with Crippen molar-refractivity contribution in [1.82, 2.24) is 5.32 Å². The van der Waals surface area contributed by atoms with E-state index in [-0.39, 0.29) is 0 Å². The molecule has 0 aromatic carbocycles. The van der Waals surface area contributed by atoms with Crippen LogP contribution in [0.25, 0.3) is 0 Å². The van der Waals surface area contributed by atoms with E-state index in [4.69, 9.17) is 0 Å². The molecule has 1 unspecified atom stereocenters. The Morgan fingerprint density at radius 1 is 1.54 bits per heavy atom. The highest BCUT2D eigenvalue weighted by atomic mass is 32.1. The molecule has 1 aromatic heterocycles. The van der Waals surface area contributed by atoms with Gasteiger partial charge in [-0.2, -0.15) is 0 Å². The molecular weight excluding hydrogens is 192 g/mol. The van der Waals surface area contributed by atoms with Gasteiger partial charge in [-0.3, -0.25) is 0 Å². The molecule has 1 rings (SSSR count). The lowest BCUT2D eigenvalue weighted by molar-refractivity contribution is 0.101. The molecule has 1 atom stereocenters. The maximum absolute atomic E-state index is 12.6. The molecule has 1 heterocycles. The molecule has 4 heteroatoms. The third-order valence-corrected chi connectivity index (χ3v) is 2.96. The van der Waals surface area contributed by atoms with Crippen molar-refractivity contribution in [3.63, 3.8) is 0 Å². The number of alkyl halides is 2. The van der Waals surface area contributed by atoms with Crippen LogP contribution in [-0.2, 0) is 0 Å². The molecule has 0 fully saturated rings. The Morgan fingerprint density at radius 3 is 2.62 bits per heavy atom. The summed E-state index contributed by atoms with van der Waals surface area (Å²) in [5.41, 5.74) is 0.941. The summed E-state index contributed by atoms with van der Waals surface area (Å²) in [5, 5.41) is 4.63. The normalized spacial score (nSPS) is 13.6. The van der Waals surface area contributed by atoms with Crippen LogP contribution in [0.15, 0.2) is 11.4 Å². The quantitative estimate of drug-likeness (QED) is 0.796. The van der Waals surface area contributed by atoms with Crippen LogP contribution < -0.4 is 5.32 Å². The number of thiophene rings is 1. The molecule has 0 saturated carbocycles. The largest absolute Gasteiger partial charge is 0.305 e. The van der Waals surface area contributed by atoms with E-state index in [1.54, 1.807) is 0 Å². The second-order valence-corrected chi connectivity index (χ2v) is 3.79. The zero-order valence-corrected chi connectivity index (χ0v) is 8.50. The van der Waals surface area contributed by atoms with Gasteiger partial charge in [-0.15, -0.1) is 11.3 Å². The van der Waals surface area contributed by atoms with Crippen molar-refractivity contribution in [2.45, 2.75) is 26.3 Å². The van der Waals surface area contributed by atoms with Crippen LogP contribution in [0.2, 0.25) is 0 Å². The van der Waals surface area contributed by atoms with E-state index in [1.807, 2.05) is 25.3 Å². The Kier molecular flexibility index (Phi) is 3.81. The van der Waals surface area contributed by atoms with Gasteiger partial charge in [-0.25, -0.2) is 8.78 Å².